The molecule has 1 saturated heterocycles. The van der Waals surface area contributed by atoms with Gasteiger partial charge >= 0.3 is 0 Å². The van der Waals surface area contributed by atoms with E-state index in [1.807, 2.05) is 0 Å². The van der Waals surface area contributed by atoms with E-state index in [-0.39, 0.29) is 12.0 Å². The van der Waals surface area contributed by atoms with E-state index in [1.165, 1.54) is 0 Å². The van der Waals surface area contributed by atoms with Crippen LogP contribution in [0, 0.1) is 0 Å². The Morgan fingerprint density at radius 3 is 2.85 bits per heavy atom. The Labute approximate surface area is 116 Å². The molecule has 3 rings (SSSR count). The highest BCUT2D eigenvalue weighted by atomic mass is 16.5. The summed E-state index contributed by atoms with van der Waals surface area (Å²) in [4.78, 5) is 18.0. The number of amides is 1. The topological polar surface area (TPSA) is 68.2 Å². The zero-order chi connectivity index (χ0) is 13.8. The molecule has 0 aliphatic carbocycles. The maximum absolute atomic E-state index is 12.3. The molecule has 3 heterocycles. The molecular weight excluding hydrogens is 256 g/mol. The van der Waals surface area contributed by atoms with E-state index in [4.69, 9.17) is 4.74 Å². The number of nitrogens with zero attached hydrogens (tertiary/aromatic N) is 4. The molecule has 0 spiro atoms. The van der Waals surface area contributed by atoms with Gasteiger partial charge in [0.05, 0.1) is 6.54 Å². The van der Waals surface area contributed by atoms with E-state index in [2.05, 4.69) is 15.2 Å². The lowest BCUT2D eigenvalue weighted by atomic mass is 10.2. The molecule has 1 atom stereocenters. The molecule has 0 aromatic carbocycles. The highest BCUT2D eigenvalue weighted by Crippen LogP contribution is 2.17. The van der Waals surface area contributed by atoms with Crippen LogP contribution in [0.4, 0.5) is 0 Å². The van der Waals surface area contributed by atoms with Gasteiger partial charge in [-0.25, -0.2) is 0 Å². The fourth-order valence-corrected chi connectivity index (χ4v) is 2.21. The number of rotatable bonds is 3. The van der Waals surface area contributed by atoms with Gasteiger partial charge in [-0.1, -0.05) is 0 Å². The quantitative estimate of drug-likeness (QED) is 0.837. The van der Waals surface area contributed by atoms with Gasteiger partial charge < -0.3 is 9.64 Å². The second-order valence-electron chi connectivity index (χ2n) is 4.58. The molecule has 1 unspecified atom stereocenters. The number of carbonyl (C=O) groups is 1. The zero-order valence-corrected chi connectivity index (χ0v) is 10.8. The van der Waals surface area contributed by atoms with Crippen molar-refractivity contribution in [3.8, 4) is 5.88 Å². The summed E-state index contributed by atoms with van der Waals surface area (Å²) in [7, 11) is 0. The van der Waals surface area contributed by atoms with E-state index >= 15 is 0 Å². The lowest BCUT2D eigenvalue weighted by molar-refractivity contribution is 0.0771. The maximum atomic E-state index is 12.3. The molecule has 6 heteroatoms. The maximum Gasteiger partial charge on any atom is 0.254 e. The molecule has 2 aromatic heterocycles. The molecule has 1 aliphatic heterocycles. The summed E-state index contributed by atoms with van der Waals surface area (Å²) in [5, 5.41) is 7.65. The van der Waals surface area contributed by atoms with Gasteiger partial charge in [0.1, 0.15) is 6.10 Å². The average Bonchev–Trinajstić information content (AvgIpc) is 2.97. The van der Waals surface area contributed by atoms with Crippen LogP contribution in [-0.4, -0.2) is 45.2 Å². The standard InChI is InChI=1S/C14H14N4O2/c19-14(11-3-7-15-8-4-11)18-9-5-12(10-18)20-13-2-1-6-16-17-13/h1-4,6-8,12H,5,9-10H2. The normalized spacial score (nSPS) is 18.0. The number of ether oxygens (including phenoxy) is 1. The van der Waals surface area contributed by atoms with E-state index in [0.29, 0.717) is 24.5 Å². The van der Waals surface area contributed by atoms with Crippen molar-refractivity contribution in [1.82, 2.24) is 20.1 Å². The first-order chi connectivity index (χ1) is 9.83. The van der Waals surface area contributed by atoms with Gasteiger partial charge in [0.15, 0.2) is 0 Å². The van der Waals surface area contributed by atoms with Crippen molar-refractivity contribution in [1.29, 1.82) is 0 Å². The average molecular weight is 270 g/mol. The lowest BCUT2D eigenvalue weighted by Crippen LogP contribution is -2.31. The van der Waals surface area contributed by atoms with Crippen LogP contribution in [0.3, 0.4) is 0 Å². The predicted molar refractivity (Wildman–Crippen MR) is 71.2 cm³/mol. The van der Waals surface area contributed by atoms with Crippen LogP contribution in [0.2, 0.25) is 0 Å². The fraction of sp³-hybridized carbons (Fsp3) is 0.286. The number of hydrogen-bond donors (Lipinski definition) is 0. The molecule has 20 heavy (non-hydrogen) atoms. The number of hydrogen-bond acceptors (Lipinski definition) is 5. The summed E-state index contributed by atoms with van der Waals surface area (Å²) in [6.07, 6.45) is 5.61. The first kappa shape index (κ1) is 12.5. The molecule has 0 saturated carbocycles. The minimum atomic E-state index is -0.0301. The summed E-state index contributed by atoms with van der Waals surface area (Å²) in [5.41, 5.74) is 0.653. The van der Waals surface area contributed by atoms with Gasteiger partial charge in [0.2, 0.25) is 5.88 Å². The van der Waals surface area contributed by atoms with Crippen molar-refractivity contribution in [2.75, 3.05) is 13.1 Å². The Bertz CT molecular complexity index is 576. The third-order valence-corrected chi connectivity index (χ3v) is 3.19. The van der Waals surface area contributed by atoms with Crippen LogP contribution >= 0.6 is 0 Å². The van der Waals surface area contributed by atoms with E-state index in [9.17, 15) is 4.79 Å². The molecule has 0 N–H and O–H groups in total. The fourth-order valence-electron chi connectivity index (χ4n) is 2.21. The van der Waals surface area contributed by atoms with Crippen LogP contribution < -0.4 is 4.74 Å². The second kappa shape index (κ2) is 5.64. The molecule has 0 radical (unpaired) electrons. The second-order valence-corrected chi connectivity index (χ2v) is 4.58. The molecule has 6 nitrogen and oxygen atoms in total. The Kier molecular flexibility index (Phi) is 3.54. The van der Waals surface area contributed by atoms with Gasteiger partial charge in [0, 0.05) is 43.2 Å². The Morgan fingerprint density at radius 1 is 1.25 bits per heavy atom. The first-order valence-electron chi connectivity index (χ1n) is 6.46. The molecule has 1 fully saturated rings. The van der Waals surface area contributed by atoms with Crippen LogP contribution in [-0.2, 0) is 0 Å². The van der Waals surface area contributed by atoms with Crippen molar-refractivity contribution in [2.45, 2.75) is 12.5 Å². The number of aromatic nitrogens is 3. The van der Waals surface area contributed by atoms with Gasteiger partial charge in [-0.2, -0.15) is 5.10 Å². The first-order valence-corrected chi connectivity index (χ1v) is 6.46. The smallest absolute Gasteiger partial charge is 0.254 e. The zero-order valence-electron chi connectivity index (χ0n) is 10.8. The summed E-state index contributed by atoms with van der Waals surface area (Å²) >= 11 is 0. The van der Waals surface area contributed by atoms with Crippen molar-refractivity contribution in [3.05, 3.63) is 48.4 Å². The minimum absolute atomic E-state index is 0.0117. The van der Waals surface area contributed by atoms with Crippen molar-refractivity contribution < 1.29 is 9.53 Å². The molecule has 1 aliphatic rings. The lowest BCUT2D eigenvalue weighted by Gasteiger charge is -2.16. The van der Waals surface area contributed by atoms with Crippen LogP contribution in [0.5, 0.6) is 5.88 Å². The van der Waals surface area contributed by atoms with E-state index in [1.54, 1.807) is 47.8 Å². The summed E-state index contributed by atoms with van der Waals surface area (Å²) < 4.78 is 5.71. The third-order valence-electron chi connectivity index (χ3n) is 3.19. The van der Waals surface area contributed by atoms with Gasteiger partial charge in [-0.15, -0.1) is 5.10 Å². The van der Waals surface area contributed by atoms with Crippen LogP contribution in [0.25, 0.3) is 0 Å². The van der Waals surface area contributed by atoms with Crippen LogP contribution in [0.15, 0.2) is 42.9 Å². The minimum Gasteiger partial charge on any atom is -0.471 e. The van der Waals surface area contributed by atoms with Gasteiger partial charge in [-0.3, -0.25) is 9.78 Å². The predicted octanol–water partition coefficient (Wildman–Crippen LogP) is 1.17. The number of carbonyl (C=O) groups excluding carboxylic acids is 1. The Balaban J connectivity index is 1.61. The van der Waals surface area contributed by atoms with E-state index < -0.39 is 0 Å². The molecule has 102 valence electrons. The molecule has 2 aromatic rings. The van der Waals surface area contributed by atoms with Gasteiger partial charge in [0.25, 0.3) is 5.91 Å². The van der Waals surface area contributed by atoms with Crippen molar-refractivity contribution in [3.63, 3.8) is 0 Å². The van der Waals surface area contributed by atoms with Crippen LogP contribution in [0.1, 0.15) is 16.8 Å². The molecular formula is C14H14N4O2. The number of likely N-dealkylation sites (tertiary alicyclic amines) is 1. The highest BCUT2D eigenvalue weighted by Gasteiger charge is 2.28. The van der Waals surface area contributed by atoms with Gasteiger partial charge in [-0.05, 0) is 18.2 Å². The largest absolute Gasteiger partial charge is 0.471 e. The highest BCUT2D eigenvalue weighted by molar-refractivity contribution is 5.94. The monoisotopic (exact) mass is 270 g/mol. The number of pyridine rings is 1. The summed E-state index contributed by atoms with van der Waals surface area (Å²) in [6, 6.07) is 6.98. The third kappa shape index (κ3) is 2.74. The van der Waals surface area contributed by atoms with Crippen molar-refractivity contribution >= 4 is 5.91 Å². The summed E-state index contributed by atoms with van der Waals surface area (Å²) in [5.74, 6) is 0.508. The molecule has 0 bridgehead atoms. The Hall–Kier alpha value is -2.50. The Morgan fingerprint density at radius 2 is 2.10 bits per heavy atom. The summed E-state index contributed by atoms with van der Waals surface area (Å²) in [6.45, 7) is 1.25. The van der Waals surface area contributed by atoms with Crippen molar-refractivity contribution in [2.24, 2.45) is 0 Å². The van der Waals surface area contributed by atoms with E-state index in [0.717, 1.165) is 6.42 Å². The SMILES string of the molecule is O=C(c1ccncc1)N1CCC(Oc2cccnn2)C1. The molecule has 1 amide bonds.